The first-order valence-corrected chi connectivity index (χ1v) is 3.89. The fraction of sp³-hybridized carbons (Fsp3) is 0.571. The molecule has 0 spiro atoms. The van der Waals surface area contributed by atoms with Gasteiger partial charge in [-0.3, -0.25) is 0 Å². The molecule has 1 rings (SSSR count). The van der Waals surface area contributed by atoms with Gasteiger partial charge in [0.25, 0.3) is 0 Å². The summed E-state index contributed by atoms with van der Waals surface area (Å²) in [7, 11) is 0. The largest absolute Gasteiger partial charge is 0.417 e. The minimum atomic E-state index is -5.56. The van der Waals surface area contributed by atoms with Gasteiger partial charge in [-0.15, -0.1) is 0 Å². The molecule has 2 N–H and O–H groups in total. The molecule has 0 aromatic carbocycles. The number of hydrazine groups is 1. The highest BCUT2D eigenvalue weighted by Gasteiger charge is 2.71. The predicted octanol–water partition coefficient (Wildman–Crippen LogP) is 1.76. The number of halogens is 6. The van der Waals surface area contributed by atoms with Gasteiger partial charge in [-0.1, -0.05) is 0 Å². The summed E-state index contributed by atoms with van der Waals surface area (Å²) < 4.78 is 74.7. The summed E-state index contributed by atoms with van der Waals surface area (Å²) in [6.07, 6.45) is -11.8. The molecule has 0 saturated heterocycles. The molecule has 0 fully saturated rings. The third-order valence-corrected chi connectivity index (χ3v) is 2.10. The van der Waals surface area contributed by atoms with Crippen molar-refractivity contribution in [3.8, 4) is 6.07 Å². The lowest BCUT2D eigenvalue weighted by molar-refractivity contribution is -0.310. The smallest absolute Gasteiger partial charge is 0.327 e. The fourth-order valence-electron chi connectivity index (χ4n) is 1.20. The van der Waals surface area contributed by atoms with Crippen LogP contribution >= 0.6 is 0 Å². The van der Waals surface area contributed by atoms with Crippen molar-refractivity contribution < 1.29 is 26.3 Å². The monoisotopic (exact) mass is 245 g/mol. The lowest BCUT2D eigenvalue weighted by Crippen LogP contribution is -2.70. The molecule has 90 valence electrons. The molecule has 1 aliphatic heterocycles. The first kappa shape index (κ1) is 12.6. The van der Waals surface area contributed by atoms with Gasteiger partial charge in [0.15, 0.2) is 0 Å². The Morgan fingerprint density at radius 3 is 2.06 bits per heavy atom. The molecular weight excluding hydrogens is 240 g/mol. The zero-order valence-corrected chi connectivity index (χ0v) is 7.50. The summed E-state index contributed by atoms with van der Waals surface area (Å²) in [5.74, 6) is 0. The minimum Gasteiger partial charge on any atom is -0.327 e. The molecule has 0 aromatic heterocycles. The van der Waals surface area contributed by atoms with Crippen molar-refractivity contribution in [3.63, 3.8) is 0 Å². The van der Waals surface area contributed by atoms with Crippen molar-refractivity contribution in [2.24, 2.45) is 0 Å². The van der Waals surface area contributed by atoms with Gasteiger partial charge < -0.3 is 5.43 Å². The van der Waals surface area contributed by atoms with E-state index in [1.54, 1.807) is 5.43 Å². The maximum Gasteiger partial charge on any atom is 0.417 e. The van der Waals surface area contributed by atoms with Crippen molar-refractivity contribution in [1.29, 1.82) is 5.26 Å². The van der Waals surface area contributed by atoms with E-state index >= 15 is 0 Å². The third kappa shape index (κ3) is 1.80. The number of hydrogen-bond acceptors (Lipinski definition) is 3. The summed E-state index contributed by atoms with van der Waals surface area (Å²) >= 11 is 0. The number of hydrogen-bond donors (Lipinski definition) is 2. The van der Waals surface area contributed by atoms with Crippen LogP contribution in [-0.4, -0.2) is 17.9 Å². The quantitative estimate of drug-likeness (QED) is 0.639. The summed E-state index contributed by atoms with van der Waals surface area (Å²) in [6, 6.07) is 1.26. The Labute approximate surface area is 85.7 Å². The van der Waals surface area contributed by atoms with Crippen LogP contribution in [0.15, 0.2) is 11.8 Å². The summed E-state index contributed by atoms with van der Waals surface area (Å²) in [5.41, 5.74) is -1.99. The number of rotatable bonds is 0. The zero-order valence-electron chi connectivity index (χ0n) is 7.50. The van der Waals surface area contributed by atoms with E-state index in [4.69, 9.17) is 5.26 Å². The van der Waals surface area contributed by atoms with Crippen LogP contribution in [0.3, 0.4) is 0 Å². The second-order valence-electron chi connectivity index (χ2n) is 3.13. The topological polar surface area (TPSA) is 47.9 Å². The third-order valence-electron chi connectivity index (χ3n) is 2.10. The lowest BCUT2D eigenvalue weighted by atomic mass is 9.89. The Morgan fingerprint density at radius 2 is 1.69 bits per heavy atom. The summed E-state index contributed by atoms with van der Waals surface area (Å²) in [5, 5.41) is 8.33. The molecule has 0 aliphatic carbocycles. The van der Waals surface area contributed by atoms with Gasteiger partial charge in [0.05, 0.1) is 6.07 Å². The number of alkyl halides is 6. The van der Waals surface area contributed by atoms with Gasteiger partial charge in [0.2, 0.25) is 5.54 Å². The Hall–Kier alpha value is -1.43. The van der Waals surface area contributed by atoms with Crippen LogP contribution in [-0.2, 0) is 0 Å². The highest BCUT2D eigenvalue weighted by molar-refractivity contribution is 5.27. The standard InChI is InChI=1S/C7H5F6N3/c8-6(9,10)5(7(11,12)13)1-4(2-14)3-15-16-5/h3,15-16H,1H2. The van der Waals surface area contributed by atoms with E-state index < -0.39 is 29.9 Å². The lowest BCUT2D eigenvalue weighted by Gasteiger charge is -2.39. The number of nitrogens with zero attached hydrogens (tertiary/aromatic N) is 1. The second kappa shape index (κ2) is 3.55. The highest BCUT2D eigenvalue weighted by atomic mass is 19.4. The molecule has 0 radical (unpaired) electrons. The fourth-order valence-corrected chi connectivity index (χ4v) is 1.20. The van der Waals surface area contributed by atoms with Gasteiger partial charge in [-0.25, -0.2) is 5.43 Å². The van der Waals surface area contributed by atoms with E-state index in [9.17, 15) is 26.3 Å². The molecule has 9 heteroatoms. The van der Waals surface area contributed by atoms with Crippen molar-refractivity contribution in [3.05, 3.63) is 11.8 Å². The molecule has 0 amide bonds. The van der Waals surface area contributed by atoms with Crippen LogP contribution in [0, 0.1) is 11.3 Å². The minimum absolute atomic E-state index is 0.631. The van der Waals surface area contributed by atoms with Crippen LogP contribution < -0.4 is 10.9 Å². The Morgan fingerprint density at radius 1 is 1.19 bits per heavy atom. The van der Waals surface area contributed by atoms with Crippen molar-refractivity contribution >= 4 is 0 Å². The molecule has 1 heterocycles. The van der Waals surface area contributed by atoms with E-state index in [1.807, 2.05) is 0 Å². The van der Waals surface area contributed by atoms with E-state index in [0.29, 0.717) is 0 Å². The van der Waals surface area contributed by atoms with Gasteiger partial charge in [-0.05, 0) is 0 Å². The summed E-state index contributed by atoms with van der Waals surface area (Å²) in [4.78, 5) is 0. The molecule has 0 unspecified atom stereocenters. The predicted molar refractivity (Wildman–Crippen MR) is 39.4 cm³/mol. The van der Waals surface area contributed by atoms with Crippen molar-refractivity contribution in [1.82, 2.24) is 10.9 Å². The van der Waals surface area contributed by atoms with E-state index in [0.717, 1.165) is 11.6 Å². The van der Waals surface area contributed by atoms with Gasteiger partial charge >= 0.3 is 12.4 Å². The molecule has 0 atom stereocenters. The molecular formula is C7H5F6N3. The highest BCUT2D eigenvalue weighted by Crippen LogP contribution is 2.47. The van der Waals surface area contributed by atoms with E-state index in [2.05, 4.69) is 0 Å². The van der Waals surface area contributed by atoms with E-state index in [1.165, 1.54) is 6.07 Å². The van der Waals surface area contributed by atoms with Gasteiger partial charge in [0, 0.05) is 18.2 Å². The molecule has 3 nitrogen and oxygen atoms in total. The van der Waals surface area contributed by atoms with Crippen LogP contribution in [0.4, 0.5) is 26.3 Å². The average molecular weight is 245 g/mol. The number of nitrogens with one attached hydrogen (secondary N) is 2. The molecule has 0 saturated carbocycles. The second-order valence-corrected chi connectivity index (χ2v) is 3.13. The summed E-state index contributed by atoms with van der Waals surface area (Å²) in [6.45, 7) is 0. The molecule has 16 heavy (non-hydrogen) atoms. The van der Waals surface area contributed by atoms with Crippen LogP contribution in [0.25, 0.3) is 0 Å². The van der Waals surface area contributed by atoms with Crippen LogP contribution in [0.5, 0.6) is 0 Å². The van der Waals surface area contributed by atoms with E-state index in [-0.39, 0.29) is 0 Å². The van der Waals surface area contributed by atoms with Gasteiger partial charge in [0.1, 0.15) is 0 Å². The van der Waals surface area contributed by atoms with Crippen LogP contribution in [0.1, 0.15) is 6.42 Å². The number of nitriles is 1. The normalized spacial score (nSPS) is 20.7. The molecule has 0 aromatic rings. The average Bonchev–Trinajstić information content (AvgIpc) is 2.14. The zero-order chi connectivity index (χ0) is 12.6. The Bertz CT molecular complexity index is 333. The maximum absolute atomic E-state index is 12.4. The molecule has 0 bridgehead atoms. The first-order valence-electron chi connectivity index (χ1n) is 3.89. The molecule has 1 aliphatic rings. The Kier molecular flexibility index (Phi) is 2.81. The SMILES string of the molecule is N#CC1=CNNC(C(F)(F)F)(C(F)(F)F)C1. The van der Waals surface area contributed by atoms with Crippen molar-refractivity contribution in [2.75, 3.05) is 0 Å². The van der Waals surface area contributed by atoms with Crippen LogP contribution in [0.2, 0.25) is 0 Å². The first-order chi connectivity index (χ1) is 7.14. The van der Waals surface area contributed by atoms with Crippen molar-refractivity contribution in [2.45, 2.75) is 24.3 Å². The van der Waals surface area contributed by atoms with Gasteiger partial charge in [-0.2, -0.15) is 31.6 Å². The maximum atomic E-state index is 12.4. The Balaban J connectivity index is 3.21.